The molecule has 2 aliphatic heterocycles. The minimum atomic E-state index is -0.483. The van der Waals surface area contributed by atoms with E-state index in [1.54, 1.807) is 0 Å². The monoisotopic (exact) mass is 390 g/mol. The zero-order chi connectivity index (χ0) is 20.3. The summed E-state index contributed by atoms with van der Waals surface area (Å²) >= 11 is 0. The molecule has 0 spiro atoms. The minimum Gasteiger partial charge on any atom is -0.342 e. The largest absolute Gasteiger partial charge is 0.342 e. The van der Waals surface area contributed by atoms with E-state index in [-0.39, 0.29) is 11.8 Å². The van der Waals surface area contributed by atoms with E-state index in [9.17, 15) is 9.59 Å². The molecule has 2 fully saturated rings. The molecule has 1 atom stereocenters. The van der Waals surface area contributed by atoms with Gasteiger partial charge in [0.05, 0.1) is 5.41 Å². The predicted octanol–water partition coefficient (Wildman–Crippen LogP) is 4.15. The zero-order valence-corrected chi connectivity index (χ0v) is 17.3. The Morgan fingerprint density at radius 1 is 0.862 bits per heavy atom. The number of hydrogen-bond acceptors (Lipinski definition) is 2. The van der Waals surface area contributed by atoms with Crippen molar-refractivity contribution in [3.05, 3.63) is 60.2 Å². The number of carbonyl (C=O) groups is 2. The molecule has 0 radical (unpaired) electrons. The molecule has 29 heavy (non-hydrogen) atoms. The summed E-state index contributed by atoms with van der Waals surface area (Å²) in [4.78, 5) is 29.7. The number of nitrogens with zero attached hydrogens (tertiary/aromatic N) is 2. The van der Waals surface area contributed by atoms with Gasteiger partial charge >= 0.3 is 0 Å². The normalized spacial score (nSPS) is 21.6. The molecular formula is C25H30N2O2. The summed E-state index contributed by atoms with van der Waals surface area (Å²) in [6, 6.07) is 18.9. The Hall–Kier alpha value is -2.62. The van der Waals surface area contributed by atoms with Crippen molar-refractivity contribution in [2.24, 2.45) is 5.41 Å². The maximum Gasteiger partial charge on any atom is 0.230 e. The Labute approximate surface area is 173 Å². The Bertz CT molecular complexity index is 856. The fraction of sp³-hybridized carbons (Fsp3) is 0.440. The molecule has 0 N–H and O–H groups in total. The molecule has 0 unspecified atom stereocenters. The van der Waals surface area contributed by atoms with Crippen molar-refractivity contribution in [2.45, 2.75) is 39.0 Å². The number of hydrogen-bond donors (Lipinski definition) is 0. The summed E-state index contributed by atoms with van der Waals surface area (Å²) in [6.07, 6.45) is 4.13. The van der Waals surface area contributed by atoms with Gasteiger partial charge in [-0.15, -0.1) is 0 Å². The third-order valence-electron chi connectivity index (χ3n) is 6.46. The first-order valence-electron chi connectivity index (χ1n) is 10.8. The summed E-state index contributed by atoms with van der Waals surface area (Å²) in [5.41, 5.74) is 3.07. The second-order valence-electron chi connectivity index (χ2n) is 8.44. The lowest BCUT2D eigenvalue weighted by Crippen LogP contribution is -2.46. The average molecular weight is 391 g/mol. The minimum absolute atomic E-state index is 0.153. The van der Waals surface area contributed by atoms with E-state index in [1.807, 2.05) is 34.9 Å². The molecule has 2 aliphatic rings. The Morgan fingerprint density at radius 3 is 2.17 bits per heavy atom. The fourth-order valence-corrected chi connectivity index (χ4v) is 4.80. The molecule has 0 aromatic heterocycles. The third-order valence-corrected chi connectivity index (χ3v) is 6.46. The van der Waals surface area contributed by atoms with Gasteiger partial charge in [-0.05, 0) is 42.4 Å². The summed E-state index contributed by atoms with van der Waals surface area (Å²) in [6.45, 7) is 4.85. The lowest BCUT2D eigenvalue weighted by atomic mass is 9.79. The smallest absolute Gasteiger partial charge is 0.230 e. The number of rotatable bonds is 5. The van der Waals surface area contributed by atoms with Crippen molar-refractivity contribution < 1.29 is 9.59 Å². The van der Waals surface area contributed by atoms with Gasteiger partial charge < -0.3 is 9.80 Å². The van der Waals surface area contributed by atoms with Crippen LogP contribution in [0, 0.1) is 5.41 Å². The maximum atomic E-state index is 13.5. The highest BCUT2D eigenvalue weighted by molar-refractivity contribution is 5.86. The van der Waals surface area contributed by atoms with Gasteiger partial charge in [0.25, 0.3) is 0 Å². The number of carbonyl (C=O) groups excluding carboxylic acids is 2. The van der Waals surface area contributed by atoms with E-state index < -0.39 is 5.41 Å². The van der Waals surface area contributed by atoms with Gasteiger partial charge in [-0.1, -0.05) is 61.5 Å². The van der Waals surface area contributed by atoms with Crippen molar-refractivity contribution in [3.8, 4) is 11.1 Å². The molecule has 0 saturated carbocycles. The number of likely N-dealkylation sites (tertiary alicyclic amines) is 2. The Balaban J connectivity index is 1.57. The molecule has 2 aromatic rings. The topological polar surface area (TPSA) is 40.6 Å². The maximum absolute atomic E-state index is 13.5. The van der Waals surface area contributed by atoms with Crippen LogP contribution in [0.15, 0.2) is 54.6 Å². The lowest BCUT2D eigenvalue weighted by molar-refractivity contribution is -0.141. The first-order chi connectivity index (χ1) is 14.1. The van der Waals surface area contributed by atoms with Crippen LogP contribution in [-0.4, -0.2) is 47.8 Å². The molecule has 4 nitrogen and oxygen atoms in total. The van der Waals surface area contributed by atoms with Crippen LogP contribution in [-0.2, 0) is 16.0 Å². The second kappa shape index (κ2) is 8.40. The molecule has 2 amide bonds. The van der Waals surface area contributed by atoms with Crippen molar-refractivity contribution in [3.63, 3.8) is 0 Å². The van der Waals surface area contributed by atoms with Crippen molar-refractivity contribution in [1.82, 2.24) is 9.80 Å². The van der Waals surface area contributed by atoms with Crippen LogP contribution in [0.5, 0.6) is 0 Å². The van der Waals surface area contributed by atoms with Crippen LogP contribution in [0.25, 0.3) is 11.1 Å². The van der Waals surface area contributed by atoms with Gasteiger partial charge in [-0.3, -0.25) is 9.59 Å². The van der Waals surface area contributed by atoms with Gasteiger partial charge in [0, 0.05) is 32.6 Å². The molecule has 2 heterocycles. The highest BCUT2D eigenvalue weighted by Gasteiger charge is 2.47. The van der Waals surface area contributed by atoms with Crippen molar-refractivity contribution >= 4 is 11.8 Å². The van der Waals surface area contributed by atoms with E-state index in [0.717, 1.165) is 32.4 Å². The SMILES string of the molecule is CCC(=O)N1CC[C@@](Cc2ccc(-c3ccccc3)cc2)(C(=O)N2CCCC2)C1. The third kappa shape index (κ3) is 4.07. The lowest BCUT2D eigenvalue weighted by Gasteiger charge is -2.32. The number of amides is 2. The summed E-state index contributed by atoms with van der Waals surface area (Å²) < 4.78 is 0. The van der Waals surface area contributed by atoms with Crippen LogP contribution in [0.3, 0.4) is 0 Å². The Morgan fingerprint density at radius 2 is 1.52 bits per heavy atom. The van der Waals surface area contributed by atoms with E-state index in [0.29, 0.717) is 25.9 Å². The molecule has 152 valence electrons. The molecule has 2 saturated heterocycles. The quantitative estimate of drug-likeness (QED) is 0.770. The van der Waals surface area contributed by atoms with Gasteiger partial charge in [0.2, 0.25) is 11.8 Å². The standard InChI is InChI=1S/C25H30N2O2/c1-2-23(28)27-17-14-25(19-27,24(29)26-15-6-7-16-26)18-20-10-12-22(13-11-20)21-8-4-3-5-9-21/h3-5,8-13H,2,6-7,14-19H2,1H3/t25-/m0/s1. The van der Waals surface area contributed by atoms with Gasteiger partial charge in [0.15, 0.2) is 0 Å². The molecule has 4 heteroatoms. The fourth-order valence-electron chi connectivity index (χ4n) is 4.80. The highest BCUT2D eigenvalue weighted by Crippen LogP contribution is 2.38. The molecule has 2 aromatic carbocycles. The summed E-state index contributed by atoms with van der Waals surface area (Å²) in [5.74, 6) is 0.397. The predicted molar refractivity (Wildman–Crippen MR) is 115 cm³/mol. The van der Waals surface area contributed by atoms with Gasteiger partial charge in [-0.2, -0.15) is 0 Å². The van der Waals surface area contributed by atoms with Gasteiger partial charge in [-0.25, -0.2) is 0 Å². The van der Waals surface area contributed by atoms with E-state index in [4.69, 9.17) is 0 Å². The highest BCUT2D eigenvalue weighted by atomic mass is 16.2. The first-order valence-corrected chi connectivity index (χ1v) is 10.8. The molecule has 4 rings (SSSR count). The molecular weight excluding hydrogens is 360 g/mol. The van der Waals surface area contributed by atoms with E-state index in [2.05, 4.69) is 36.4 Å². The van der Waals surface area contributed by atoms with E-state index >= 15 is 0 Å². The summed E-state index contributed by atoms with van der Waals surface area (Å²) in [5, 5.41) is 0. The van der Waals surface area contributed by atoms with Crippen LogP contribution in [0.4, 0.5) is 0 Å². The molecule has 0 bridgehead atoms. The molecule has 0 aliphatic carbocycles. The zero-order valence-electron chi connectivity index (χ0n) is 17.3. The van der Waals surface area contributed by atoms with Gasteiger partial charge in [0.1, 0.15) is 0 Å². The van der Waals surface area contributed by atoms with Crippen LogP contribution in [0.1, 0.15) is 38.2 Å². The first kappa shape index (κ1) is 19.7. The van der Waals surface area contributed by atoms with Crippen molar-refractivity contribution in [2.75, 3.05) is 26.2 Å². The second-order valence-corrected chi connectivity index (χ2v) is 8.44. The van der Waals surface area contributed by atoms with Crippen LogP contribution >= 0.6 is 0 Å². The van der Waals surface area contributed by atoms with Crippen molar-refractivity contribution in [1.29, 1.82) is 0 Å². The number of benzene rings is 2. The summed E-state index contributed by atoms with van der Waals surface area (Å²) in [7, 11) is 0. The average Bonchev–Trinajstić information content (AvgIpc) is 3.45. The van der Waals surface area contributed by atoms with E-state index in [1.165, 1.54) is 16.7 Å². The Kier molecular flexibility index (Phi) is 5.70. The van der Waals surface area contributed by atoms with Crippen LogP contribution in [0.2, 0.25) is 0 Å². The van der Waals surface area contributed by atoms with Crippen LogP contribution < -0.4 is 0 Å².